The molecular weight excluding hydrogens is 268 g/mol. The molecule has 0 saturated heterocycles. The largest absolute Gasteiger partial charge is 0.477 e. The number of pyridine rings is 1. The lowest BCUT2D eigenvalue weighted by Crippen LogP contribution is -2.13. The summed E-state index contributed by atoms with van der Waals surface area (Å²) < 4.78 is 0. The first kappa shape index (κ1) is 13.2. The van der Waals surface area contributed by atoms with Gasteiger partial charge in [0, 0.05) is 5.39 Å². The molecule has 0 spiro atoms. The van der Waals surface area contributed by atoms with Crippen molar-refractivity contribution in [2.75, 3.05) is 5.73 Å². The first-order chi connectivity index (χ1) is 8.93. The Balaban J connectivity index is 2.68. The molecule has 2 heterocycles. The quantitative estimate of drug-likeness (QED) is 0.379. The van der Waals surface area contributed by atoms with Crippen LogP contribution in [0.25, 0.3) is 10.2 Å². The minimum atomic E-state index is -1.07. The Bertz CT molecular complexity index is 693. The molecule has 0 aliphatic rings. The summed E-state index contributed by atoms with van der Waals surface area (Å²) in [5.41, 5.74) is 8.74. The molecule has 0 bridgehead atoms. The number of aromatic nitrogens is 1. The van der Waals surface area contributed by atoms with Gasteiger partial charge in [-0.1, -0.05) is 0 Å². The van der Waals surface area contributed by atoms with E-state index >= 15 is 0 Å². The van der Waals surface area contributed by atoms with Crippen molar-refractivity contribution in [2.24, 2.45) is 4.99 Å². The van der Waals surface area contributed by atoms with E-state index in [-0.39, 0.29) is 16.4 Å². The molecule has 5 N–H and O–H groups in total. The molecule has 0 aliphatic carbocycles. The van der Waals surface area contributed by atoms with Gasteiger partial charge in [-0.15, -0.1) is 11.3 Å². The van der Waals surface area contributed by atoms with Gasteiger partial charge in [-0.3, -0.25) is 10.7 Å². The number of nitrogens with two attached hydrogens (primary N) is 1. The minimum Gasteiger partial charge on any atom is -0.477 e. The fourth-order valence-corrected chi connectivity index (χ4v) is 2.71. The zero-order valence-electron chi connectivity index (χ0n) is 10.3. The average Bonchev–Trinajstić information content (AvgIpc) is 2.67. The summed E-state index contributed by atoms with van der Waals surface area (Å²) in [4.78, 5) is 19.9. The molecule has 0 radical (unpaired) electrons. The Morgan fingerprint density at radius 2 is 2.26 bits per heavy atom. The number of aryl methyl sites for hydroxylation is 1. The van der Waals surface area contributed by atoms with Crippen molar-refractivity contribution >= 4 is 44.9 Å². The topological polar surface area (TPSA) is 121 Å². The van der Waals surface area contributed by atoms with Gasteiger partial charge in [0.15, 0.2) is 5.82 Å². The molecule has 2 rings (SSSR count). The van der Waals surface area contributed by atoms with Gasteiger partial charge in [0.2, 0.25) is 0 Å². The normalized spacial score (nSPS) is 11.8. The standard InChI is InChI=1S/C11H12N4O3S/c1-4-3-6(13-5(2)15-18)14-10-7(4)8(12)9(19-10)11(16)17/h3,18H,12H2,1-2H3,(H,16,17)(H,13,14,15). The van der Waals surface area contributed by atoms with Crippen molar-refractivity contribution < 1.29 is 15.1 Å². The molecule has 0 amide bonds. The van der Waals surface area contributed by atoms with Crippen molar-refractivity contribution in [3.05, 3.63) is 16.5 Å². The number of hydrogen-bond donors (Lipinski definition) is 4. The first-order valence-electron chi connectivity index (χ1n) is 5.32. The third kappa shape index (κ3) is 2.35. The number of nitrogen functional groups attached to an aromatic ring is 1. The molecule has 8 heteroatoms. The van der Waals surface area contributed by atoms with Gasteiger partial charge in [-0.05, 0) is 25.5 Å². The second-order valence-electron chi connectivity index (χ2n) is 3.94. The summed E-state index contributed by atoms with van der Waals surface area (Å²) in [6.07, 6.45) is 0. The van der Waals surface area contributed by atoms with Crippen LogP contribution in [0.3, 0.4) is 0 Å². The second-order valence-corrected chi connectivity index (χ2v) is 4.94. The average molecular weight is 280 g/mol. The maximum atomic E-state index is 11.0. The highest BCUT2D eigenvalue weighted by molar-refractivity contribution is 7.21. The number of amidine groups is 1. The molecule has 0 saturated carbocycles. The Hall–Kier alpha value is -2.19. The molecule has 0 aliphatic heterocycles. The highest BCUT2D eigenvalue weighted by Crippen LogP contribution is 2.36. The number of aromatic carboxylic acids is 1. The van der Waals surface area contributed by atoms with E-state index in [1.54, 1.807) is 19.9 Å². The number of hydroxylamine groups is 1. The number of aliphatic imine (C=N–C) groups is 1. The number of rotatable bonds is 2. The zero-order chi connectivity index (χ0) is 14.2. The lowest BCUT2D eigenvalue weighted by Gasteiger charge is -2.01. The molecule has 0 unspecified atom stereocenters. The SMILES string of the molecule is CC(=Nc1cc(C)c2c(N)c(C(=O)O)sc2n1)NO. The van der Waals surface area contributed by atoms with Crippen LogP contribution in [0.15, 0.2) is 11.1 Å². The molecule has 0 atom stereocenters. The zero-order valence-corrected chi connectivity index (χ0v) is 11.1. The summed E-state index contributed by atoms with van der Waals surface area (Å²) in [7, 11) is 0. The number of carboxylic acid groups (broad SMARTS) is 1. The van der Waals surface area contributed by atoms with E-state index in [4.69, 9.17) is 16.0 Å². The predicted octanol–water partition coefficient (Wildman–Crippen LogP) is 1.91. The van der Waals surface area contributed by atoms with Gasteiger partial charge in [0.05, 0.1) is 5.69 Å². The number of carboxylic acids is 1. The third-order valence-electron chi connectivity index (χ3n) is 2.52. The van der Waals surface area contributed by atoms with Crippen molar-refractivity contribution in [3.63, 3.8) is 0 Å². The van der Waals surface area contributed by atoms with Crippen molar-refractivity contribution in [3.8, 4) is 0 Å². The summed E-state index contributed by atoms with van der Waals surface area (Å²) in [6, 6.07) is 1.68. The fraction of sp³-hybridized carbons (Fsp3) is 0.182. The summed E-state index contributed by atoms with van der Waals surface area (Å²) >= 11 is 1.01. The van der Waals surface area contributed by atoms with Crippen LogP contribution in [0.2, 0.25) is 0 Å². The number of thiophene rings is 1. The van der Waals surface area contributed by atoms with E-state index < -0.39 is 5.97 Å². The van der Waals surface area contributed by atoms with Gasteiger partial charge >= 0.3 is 5.97 Å². The van der Waals surface area contributed by atoms with Gasteiger partial charge in [0.25, 0.3) is 0 Å². The monoisotopic (exact) mass is 280 g/mol. The molecule has 0 fully saturated rings. The molecule has 0 aromatic carbocycles. The maximum Gasteiger partial charge on any atom is 0.348 e. The summed E-state index contributed by atoms with van der Waals surface area (Å²) in [6.45, 7) is 3.38. The van der Waals surface area contributed by atoms with Crippen molar-refractivity contribution in [2.45, 2.75) is 13.8 Å². The van der Waals surface area contributed by atoms with Crippen LogP contribution in [0, 0.1) is 6.92 Å². The van der Waals surface area contributed by atoms with Crippen LogP contribution in [0.4, 0.5) is 11.5 Å². The Labute approximate surface area is 112 Å². The van der Waals surface area contributed by atoms with Crippen LogP contribution < -0.4 is 11.2 Å². The van der Waals surface area contributed by atoms with E-state index in [1.807, 2.05) is 5.48 Å². The number of nitrogens with one attached hydrogen (secondary N) is 1. The Morgan fingerprint density at radius 1 is 1.58 bits per heavy atom. The number of carbonyl (C=O) groups is 1. The first-order valence-corrected chi connectivity index (χ1v) is 6.14. The molecule has 7 nitrogen and oxygen atoms in total. The number of anilines is 1. The summed E-state index contributed by atoms with van der Waals surface area (Å²) in [5, 5.41) is 18.4. The minimum absolute atomic E-state index is 0.0729. The number of hydrogen-bond acceptors (Lipinski definition) is 6. The van der Waals surface area contributed by atoms with E-state index in [0.717, 1.165) is 16.9 Å². The van der Waals surface area contributed by atoms with Gasteiger partial charge in [0.1, 0.15) is 15.5 Å². The molecule has 2 aromatic heterocycles. The molecule has 19 heavy (non-hydrogen) atoms. The second kappa shape index (κ2) is 4.82. The molecular formula is C11H12N4O3S. The molecule has 100 valence electrons. The van der Waals surface area contributed by atoms with Crippen LogP contribution in [-0.4, -0.2) is 27.1 Å². The Morgan fingerprint density at radius 3 is 2.84 bits per heavy atom. The van der Waals surface area contributed by atoms with E-state index in [0.29, 0.717) is 16.0 Å². The maximum absolute atomic E-state index is 11.0. The van der Waals surface area contributed by atoms with Crippen LogP contribution in [-0.2, 0) is 0 Å². The van der Waals surface area contributed by atoms with Gasteiger partial charge < -0.3 is 10.8 Å². The van der Waals surface area contributed by atoms with Crippen LogP contribution in [0.5, 0.6) is 0 Å². The van der Waals surface area contributed by atoms with Crippen molar-refractivity contribution in [1.29, 1.82) is 0 Å². The third-order valence-corrected chi connectivity index (χ3v) is 3.61. The number of fused-ring (bicyclic) bond motifs is 1. The highest BCUT2D eigenvalue weighted by atomic mass is 32.1. The smallest absolute Gasteiger partial charge is 0.348 e. The van der Waals surface area contributed by atoms with Gasteiger partial charge in [-0.25, -0.2) is 14.8 Å². The highest BCUT2D eigenvalue weighted by Gasteiger charge is 2.18. The van der Waals surface area contributed by atoms with Gasteiger partial charge in [-0.2, -0.15) is 0 Å². The van der Waals surface area contributed by atoms with Crippen molar-refractivity contribution in [1.82, 2.24) is 10.5 Å². The number of nitrogens with zero attached hydrogens (tertiary/aromatic N) is 2. The fourth-order valence-electron chi connectivity index (χ4n) is 1.71. The Kier molecular flexibility index (Phi) is 3.36. The molecule has 2 aromatic rings. The van der Waals surface area contributed by atoms with E-state index in [2.05, 4.69) is 9.98 Å². The lowest BCUT2D eigenvalue weighted by molar-refractivity contribution is 0.0703. The van der Waals surface area contributed by atoms with E-state index in [1.165, 1.54) is 0 Å². The van der Waals surface area contributed by atoms with Crippen LogP contribution >= 0.6 is 11.3 Å². The van der Waals surface area contributed by atoms with Crippen LogP contribution in [0.1, 0.15) is 22.2 Å². The van der Waals surface area contributed by atoms with E-state index in [9.17, 15) is 4.79 Å². The summed E-state index contributed by atoms with van der Waals surface area (Å²) in [5.74, 6) is -0.408. The lowest BCUT2D eigenvalue weighted by atomic mass is 10.1. The predicted molar refractivity (Wildman–Crippen MR) is 73.4 cm³/mol.